The molecule has 0 heterocycles. The number of amides is 1. The highest BCUT2D eigenvalue weighted by molar-refractivity contribution is 5.76. The maximum atomic E-state index is 12.4. The number of unbranched alkanes of at least 4 members (excludes halogenated alkanes) is 39. The van der Waals surface area contributed by atoms with Crippen molar-refractivity contribution in [3.63, 3.8) is 0 Å². The minimum Gasteiger partial charge on any atom is -0.394 e. The van der Waals surface area contributed by atoms with Gasteiger partial charge in [-0.15, -0.1) is 0 Å². The van der Waals surface area contributed by atoms with E-state index in [1.165, 1.54) is 244 Å². The predicted octanol–water partition coefficient (Wildman–Crippen LogP) is 18.6. The van der Waals surface area contributed by atoms with Crippen molar-refractivity contribution in [2.45, 2.75) is 315 Å². The van der Waals surface area contributed by atoms with Gasteiger partial charge in [-0.1, -0.05) is 281 Å². The van der Waals surface area contributed by atoms with Gasteiger partial charge in [-0.3, -0.25) is 4.79 Å². The number of carbonyl (C=O) groups excluding carboxylic acids is 1. The molecule has 4 nitrogen and oxygen atoms in total. The van der Waals surface area contributed by atoms with E-state index in [9.17, 15) is 15.0 Å². The summed E-state index contributed by atoms with van der Waals surface area (Å²) < 4.78 is 0. The van der Waals surface area contributed by atoms with Crippen LogP contribution < -0.4 is 5.32 Å². The molecule has 0 fully saturated rings. The van der Waals surface area contributed by atoms with E-state index >= 15 is 0 Å². The number of rotatable bonds is 52. The number of aliphatic hydroxyl groups is 2. The molecule has 0 aromatic rings. The molecule has 0 radical (unpaired) electrons. The molecule has 0 spiro atoms. The van der Waals surface area contributed by atoms with Crippen molar-refractivity contribution in [2.75, 3.05) is 6.61 Å². The van der Waals surface area contributed by atoms with Gasteiger partial charge >= 0.3 is 0 Å². The molecular weight excluding hydrogens is 771 g/mol. The lowest BCUT2D eigenvalue weighted by atomic mass is 10.0. The summed E-state index contributed by atoms with van der Waals surface area (Å²) >= 11 is 0. The van der Waals surface area contributed by atoms with Crippen LogP contribution >= 0.6 is 0 Å². The summed E-state index contributed by atoms with van der Waals surface area (Å²) in [6, 6.07) is -0.643. The van der Waals surface area contributed by atoms with Gasteiger partial charge in [0.1, 0.15) is 0 Å². The monoisotopic (exact) mass is 882 g/mol. The van der Waals surface area contributed by atoms with Gasteiger partial charge in [0.15, 0.2) is 0 Å². The molecular formula is C59H111NO3. The zero-order valence-electron chi connectivity index (χ0n) is 42.6. The third-order valence-electron chi connectivity index (χ3n) is 13.0. The lowest BCUT2D eigenvalue weighted by Crippen LogP contribution is -2.45. The zero-order chi connectivity index (χ0) is 45.6. The average molecular weight is 883 g/mol. The Kier molecular flexibility index (Phi) is 53.3. The fraction of sp³-hybridized carbons (Fsp3) is 0.847. The van der Waals surface area contributed by atoms with Crippen molar-refractivity contribution in [3.05, 3.63) is 48.6 Å². The summed E-state index contributed by atoms with van der Waals surface area (Å²) in [6.45, 7) is 4.30. The van der Waals surface area contributed by atoms with Crippen LogP contribution in [-0.4, -0.2) is 34.9 Å². The van der Waals surface area contributed by atoms with Crippen LogP contribution in [0.15, 0.2) is 48.6 Å². The van der Waals surface area contributed by atoms with Crippen LogP contribution in [0.2, 0.25) is 0 Å². The summed E-state index contributed by atoms with van der Waals surface area (Å²) in [4.78, 5) is 12.4. The van der Waals surface area contributed by atoms with E-state index in [0.29, 0.717) is 6.42 Å². The number of allylic oxidation sites excluding steroid dienone is 7. The molecule has 3 N–H and O–H groups in total. The van der Waals surface area contributed by atoms with Crippen LogP contribution in [0.4, 0.5) is 0 Å². The Morgan fingerprint density at radius 3 is 1.05 bits per heavy atom. The average Bonchev–Trinajstić information content (AvgIpc) is 3.29. The van der Waals surface area contributed by atoms with Gasteiger partial charge in [0.05, 0.1) is 18.8 Å². The van der Waals surface area contributed by atoms with Crippen molar-refractivity contribution in [1.29, 1.82) is 0 Å². The fourth-order valence-corrected chi connectivity index (χ4v) is 8.70. The Bertz CT molecular complexity index is 1000. The highest BCUT2D eigenvalue weighted by atomic mass is 16.3. The van der Waals surface area contributed by atoms with E-state index in [-0.39, 0.29) is 12.5 Å². The first-order valence-electron chi connectivity index (χ1n) is 28.4. The molecule has 0 aliphatic rings. The molecule has 0 bridgehead atoms. The standard InChI is InChI=1S/C59H111NO3/c1-3-5-7-9-11-13-15-17-19-21-23-24-25-26-27-28-29-30-31-32-33-34-35-37-38-40-42-44-46-48-50-52-54-58(62)57(56-61)60-59(63)55-53-51-49-47-45-43-41-39-36-22-20-18-16-14-12-10-8-6-4-2/h12,14,18,20,44,46,52,54,57-58,61-62H,3-11,13,15-17,19,21-43,45,47-51,53,55-56H2,1-2H3,(H,60,63)/b14-12-,20-18-,46-44+,54-52+. The number of aliphatic hydroxyl groups excluding tert-OH is 2. The van der Waals surface area contributed by atoms with Crippen LogP contribution in [0.3, 0.4) is 0 Å². The highest BCUT2D eigenvalue weighted by Gasteiger charge is 2.18. The Morgan fingerprint density at radius 2 is 0.667 bits per heavy atom. The normalized spacial score (nSPS) is 13.1. The molecule has 2 unspecified atom stereocenters. The Morgan fingerprint density at radius 1 is 0.381 bits per heavy atom. The Labute approximate surface area is 394 Å². The first kappa shape index (κ1) is 61.4. The number of hydrogen-bond donors (Lipinski definition) is 3. The topological polar surface area (TPSA) is 69.6 Å². The van der Waals surface area contributed by atoms with Crippen molar-refractivity contribution in [1.82, 2.24) is 5.32 Å². The van der Waals surface area contributed by atoms with Crippen molar-refractivity contribution in [2.24, 2.45) is 0 Å². The van der Waals surface area contributed by atoms with Crippen LogP contribution in [-0.2, 0) is 4.79 Å². The third kappa shape index (κ3) is 51.2. The van der Waals surface area contributed by atoms with Crippen molar-refractivity contribution >= 4 is 5.91 Å². The number of hydrogen-bond acceptors (Lipinski definition) is 3. The molecule has 1 amide bonds. The van der Waals surface area contributed by atoms with Gasteiger partial charge in [0, 0.05) is 6.42 Å². The molecule has 0 aromatic carbocycles. The molecule has 2 atom stereocenters. The van der Waals surface area contributed by atoms with E-state index in [4.69, 9.17) is 0 Å². The minimum atomic E-state index is -0.866. The van der Waals surface area contributed by atoms with Gasteiger partial charge < -0.3 is 15.5 Å². The smallest absolute Gasteiger partial charge is 0.220 e. The largest absolute Gasteiger partial charge is 0.394 e. The first-order valence-corrected chi connectivity index (χ1v) is 28.4. The second-order valence-electron chi connectivity index (χ2n) is 19.3. The van der Waals surface area contributed by atoms with E-state index in [1.54, 1.807) is 6.08 Å². The van der Waals surface area contributed by atoms with Crippen LogP contribution in [0.5, 0.6) is 0 Å². The molecule has 63 heavy (non-hydrogen) atoms. The van der Waals surface area contributed by atoms with Gasteiger partial charge in [-0.25, -0.2) is 0 Å². The quantitative estimate of drug-likeness (QED) is 0.0421. The zero-order valence-corrected chi connectivity index (χ0v) is 42.6. The molecule has 0 saturated heterocycles. The predicted molar refractivity (Wildman–Crippen MR) is 281 cm³/mol. The SMILES string of the molecule is CCCCC/C=C\C/C=C\CCCCCCCCCCCC(=O)NC(CO)C(O)/C=C/CC/C=C/CCCCCCCCCCCCCCCCCCCCCCCCCCCC. The van der Waals surface area contributed by atoms with Gasteiger partial charge in [0.25, 0.3) is 0 Å². The van der Waals surface area contributed by atoms with E-state index < -0.39 is 12.1 Å². The molecule has 0 rings (SSSR count). The Hall–Kier alpha value is -1.65. The summed E-state index contributed by atoms with van der Waals surface area (Å²) in [5.41, 5.74) is 0. The molecule has 0 aromatic heterocycles. The highest BCUT2D eigenvalue weighted by Crippen LogP contribution is 2.17. The number of carbonyl (C=O) groups is 1. The Balaban J connectivity index is 3.50. The van der Waals surface area contributed by atoms with E-state index in [0.717, 1.165) is 38.5 Å². The van der Waals surface area contributed by atoms with Crippen LogP contribution in [0, 0.1) is 0 Å². The van der Waals surface area contributed by atoms with E-state index in [1.807, 2.05) is 6.08 Å². The van der Waals surface area contributed by atoms with Crippen LogP contribution in [0.25, 0.3) is 0 Å². The van der Waals surface area contributed by atoms with Gasteiger partial charge in [-0.2, -0.15) is 0 Å². The van der Waals surface area contributed by atoms with Gasteiger partial charge in [0.2, 0.25) is 5.91 Å². The molecule has 0 saturated carbocycles. The van der Waals surface area contributed by atoms with Crippen molar-refractivity contribution in [3.8, 4) is 0 Å². The second kappa shape index (κ2) is 54.7. The summed E-state index contributed by atoms with van der Waals surface area (Å²) in [5, 5.41) is 23.1. The summed E-state index contributed by atoms with van der Waals surface area (Å²) in [5.74, 6) is -0.0764. The molecule has 0 aliphatic heterocycles. The van der Waals surface area contributed by atoms with Gasteiger partial charge in [-0.05, 0) is 64.2 Å². The van der Waals surface area contributed by atoms with Crippen molar-refractivity contribution < 1.29 is 15.0 Å². The fourth-order valence-electron chi connectivity index (χ4n) is 8.70. The van der Waals surface area contributed by atoms with E-state index in [2.05, 4.69) is 55.6 Å². The summed E-state index contributed by atoms with van der Waals surface area (Å²) in [7, 11) is 0. The first-order chi connectivity index (χ1) is 31.2. The maximum absolute atomic E-state index is 12.4. The maximum Gasteiger partial charge on any atom is 0.220 e. The summed E-state index contributed by atoms with van der Waals surface area (Å²) in [6.07, 6.45) is 75.7. The number of nitrogens with one attached hydrogen (secondary N) is 1. The molecule has 0 aliphatic carbocycles. The lowest BCUT2D eigenvalue weighted by molar-refractivity contribution is -0.123. The molecule has 370 valence electrons. The van der Waals surface area contributed by atoms with Crippen LogP contribution in [0.1, 0.15) is 303 Å². The molecule has 4 heteroatoms. The lowest BCUT2D eigenvalue weighted by Gasteiger charge is -2.19. The second-order valence-corrected chi connectivity index (χ2v) is 19.3. The third-order valence-corrected chi connectivity index (χ3v) is 13.0. The minimum absolute atomic E-state index is 0.0764.